The van der Waals surface area contributed by atoms with Gasteiger partial charge in [-0.3, -0.25) is 4.79 Å². The van der Waals surface area contributed by atoms with Crippen molar-refractivity contribution in [1.82, 2.24) is 5.32 Å². The molecule has 3 nitrogen and oxygen atoms in total. The summed E-state index contributed by atoms with van der Waals surface area (Å²) in [6.07, 6.45) is 23.8. The third-order valence-corrected chi connectivity index (χ3v) is 6.23. The topological polar surface area (TPSA) is 29.1 Å². The first kappa shape index (κ1) is 29.2. The zero-order chi connectivity index (χ0) is 22.5. The zero-order valence-electron chi connectivity index (χ0n) is 21.2. The number of nitrogens with one attached hydrogen (secondary N) is 1. The van der Waals surface area contributed by atoms with Gasteiger partial charge in [-0.2, -0.15) is 0 Å². The van der Waals surface area contributed by atoms with E-state index in [0.29, 0.717) is 5.57 Å². The van der Waals surface area contributed by atoms with Gasteiger partial charge in [0.2, 0.25) is 5.91 Å². The quantitative estimate of drug-likeness (QED) is 0.110. The minimum absolute atomic E-state index is 0.0156. The molecule has 0 fully saturated rings. The molecule has 0 radical (unpaired) electrons. The summed E-state index contributed by atoms with van der Waals surface area (Å²) in [5.41, 5.74) is 0.594. The maximum Gasteiger partial charge on any atom is 0.246 e. The molecule has 0 unspecified atom stereocenters. The van der Waals surface area contributed by atoms with Crippen molar-refractivity contribution in [2.75, 3.05) is 33.7 Å². The maximum absolute atomic E-state index is 11.5. The smallest absolute Gasteiger partial charge is 0.246 e. The molecule has 0 heterocycles. The second-order valence-electron chi connectivity index (χ2n) is 10.1. The fourth-order valence-corrected chi connectivity index (χ4v) is 4.06. The van der Waals surface area contributed by atoms with E-state index in [0.717, 1.165) is 24.0 Å². The molecule has 1 N–H and O–H groups in total. The normalized spacial score (nSPS) is 11.6. The van der Waals surface area contributed by atoms with Gasteiger partial charge in [0, 0.05) is 18.5 Å². The first-order chi connectivity index (χ1) is 14.4. The molecule has 0 aromatic heterocycles. The van der Waals surface area contributed by atoms with Gasteiger partial charge in [-0.25, -0.2) is 0 Å². The Labute approximate surface area is 189 Å². The molecular weight excluding hydrogens is 368 g/mol. The van der Waals surface area contributed by atoms with Crippen LogP contribution in [0.15, 0.2) is 12.2 Å². The number of hydrogen-bond donors (Lipinski definition) is 1. The highest BCUT2D eigenvalue weighted by Gasteiger charge is 2.14. The van der Waals surface area contributed by atoms with Gasteiger partial charge in [-0.05, 0) is 19.8 Å². The summed E-state index contributed by atoms with van der Waals surface area (Å²) in [6, 6.07) is 0. The molecule has 3 heteroatoms. The van der Waals surface area contributed by atoms with Gasteiger partial charge in [0.05, 0.1) is 27.2 Å². The molecule has 0 spiro atoms. The number of unbranched alkanes of at least 4 members (excludes halogenated alkanes) is 15. The average Bonchev–Trinajstić information content (AvgIpc) is 2.70. The Morgan fingerprint density at radius 2 is 1.03 bits per heavy atom. The highest BCUT2D eigenvalue weighted by molar-refractivity contribution is 5.91. The highest BCUT2D eigenvalue weighted by atomic mass is 16.1. The number of quaternary nitrogens is 1. The third-order valence-electron chi connectivity index (χ3n) is 6.23. The van der Waals surface area contributed by atoms with Crippen LogP contribution >= 0.6 is 0 Å². The molecule has 178 valence electrons. The zero-order valence-corrected chi connectivity index (χ0v) is 21.2. The molecule has 0 aliphatic rings. The molecule has 0 aromatic carbocycles. The van der Waals surface area contributed by atoms with Crippen LogP contribution in [0, 0.1) is 0 Å². The lowest BCUT2D eigenvalue weighted by Crippen LogP contribution is -2.42. The van der Waals surface area contributed by atoms with Crippen molar-refractivity contribution in [3.63, 3.8) is 0 Å². The Morgan fingerprint density at radius 1 is 0.667 bits per heavy atom. The van der Waals surface area contributed by atoms with Crippen molar-refractivity contribution >= 4 is 5.91 Å². The molecule has 0 atom stereocenters. The number of nitrogens with zero attached hydrogens (tertiary/aromatic N) is 1. The monoisotopic (exact) mass is 423 g/mol. The van der Waals surface area contributed by atoms with Crippen molar-refractivity contribution in [2.24, 2.45) is 0 Å². The van der Waals surface area contributed by atoms with Crippen molar-refractivity contribution in [2.45, 2.75) is 123 Å². The van der Waals surface area contributed by atoms with E-state index in [1.807, 2.05) is 0 Å². The van der Waals surface area contributed by atoms with Crippen LogP contribution in [-0.4, -0.2) is 44.1 Å². The second kappa shape index (κ2) is 20.1. The fraction of sp³-hybridized carbons (Fsp3) is 0.889. The molecule has 0 rings (SSSR count). The van der Waals surface area contributed by atoms with Gasteiger partial charge in [-0.15, -0.1) is 0 Å². The van der Waals surface area contributed by atoms with Crippen LogP contribution < -0.4 is 5.32 Å². The number of carbonyl (C=O) groups is 1. The van der Waals surface area contributed by atoms with E-state index >= 15 is 0 Å². The van der Waals surface area contributed by atoms with Crippen LogP contribution in [0.4, 0.5) is 0 Å². The summed E-state index contributed by atoms with van der Waals surface area (Å²) in [4.78, 5) is 11.5. The Morgan fingerprint density at radius 3 is 1.43 bits per heavy atom. The fourth-order valence-electron chi connectivity index (χ4n) is 4.06. The molecule has 0 aliphatic carbocycles. The van der Waals surface area contributed by atoms with Gasteiger partial charge in [0.1, 0.15) is 0 Å². The van der Waals surface area contributed by atoms with Crippen LogP contribution in [0.5, 0.6) is 0 Å². The van der Waals surface area contributed by atoms with E-state index in [1.54, 1.807) is 6.92 Å². The predicted octanol–water partition coefficient (Wildman–Crippen LogP) is 7.41. The number of hydrogen-bond acceptors (Lipinski definition) is 1. The summed E-state index contributed by atoms with van der Waals surface area (Å²) in [6.45, 7) is 10.8. The van der Waals surface area contributed by atoms with Gasteiger partial charge in [0.25, 0.3) is 0 Å². The first-order valence-electron chi connectivity index (χ1n) is 13.1. The van der Waals surface area contributed by atoms with E-state index in [4.69, 9.17) is 0 Å². The first-order valence-corrected chi connectivity index (χ1v) is 13.1. The molecule has 0 saturated carbocycles. The Bertz CT molecular complexity index is 417. The van der Waals surface area contributed by atoms with Gasteiger partial charge in [-0.1, -0.05) is 103 Å². The van der Waals surface area contributed by atoms with Crippen molar-refractivity contribution in [3.05, 3.63) is 12.2 Å². The van der Waals surface area contributed by atoms with Crippen LogP contribution in [-0.2, 0) is 4.79 Å². The molecule has 0 bridgehead atoms. The van der Waals surface area contributed by atoms with E-state index in [9.17, 15) is 4.79 Å². The van der Waals surface area contributed by atoms with Crippen molar-refractivity contribution in [3.8, 4) is 0 Å². The van der Waals surface area contributed by atoms with Crippen LogP contribution in [0.3, 0.4) is 0 Å². The summed E-state index contributed by atoms with van der Waals surface area (Å²) in [5.74, 6) is -0.0156. The lowest BCUT2D eigenvalue weighted by molar-refractivity contribution is -0.890. The molecular formula is C27H55N2O+. The minimum atomic E-state index is -0.0156. The van der Waals surface area contributed by atoms with E-state index in [2.05, 4.69) is 32.9 Å². The lowest BCUT2D eigenvalue weighted by Gasteiger charge is -2.30. The molecule has 0 aromatic rings. The number of carbonyl (C=O) groups excluding carboxylic acids is 1. The van der Waals surface area contributed by atoms with Gasteiger partial charge < -0.3 is 9.80 Å². The van der Waals surface area contributed by atoms with E-state index in [-0.39, 0.29) is 5.91 Å². The van der Waals surface area contributed by atoms with Crippen LogP contribution in [0.25, 0.3) is 0 Å². The third kappa shape index (κ3) is 20.4. The van der Waals surface area contributed by atoms with Crippen molar-refractivity contribution in [1.29, 1.82) is 0 Å². The van der Waals surface area contributed by atoms with Crippen LogP contribution in [0.1, 0.15) is 123 Å². The SMILES string of the molecule is C=C(C)C(=O)NCCC[N+](C)(C)CCCCCCCCCCCCCCCCCC. The molecule has 1 amide bonds. The summed E-state index contributed by atoms with van der Waals surface area (Å²) in [5, 5.41) is 2.93. The average molecular weight is 424 g/mol. The maximum atomic E-state index is 11.5. The number of rotatable bonds is 22. The minimum Gasteiger partial charge on any atom is -0.352 e. The Balaban J connectivity index is 3.34. The molecule has 0 aliphatic heterocycles. The largest absolute Gasteiger partial charge is 0.352 e. The van der Waals surface area contributed by atoms with Gasteiger partial charge in [0.15, 0.2) is 0 Å². The Kier molecular flexibility index (Phi) is 19.5. The summed E-state index contributed by atoms with van der Waals surface area (Å²) >= 11 is 0. The lowest BCUT2D eigenvalue weighted by atomic mass is 10.0. The summed E-state index contributed by atoms with van der Waals surface area (Å²) in [7, 11) is 4.62. The van der Waals surface area contributed by atoms with Crippen LogP contribution in [0.2, 0.25) is 0 Å². The number of amides is 1. The van der Waals surface area contributed by atoms with Gasteiger partial charge >= 0.3 is 0 Å². The predicted molar refractivity (Wildman–Crippen MR) is 134 cm³/mol. The standard InChI is InChI=1S/C27H54N2O/c1-6-7-8-9-10-11-12-13-14-15-16-17-18-19-20-21-24-29(4,5)25-22-23-28-27(30)26(2)3/h2,6-25H2,1,3-5H3/p+1. The Hall–Kier alpha value is -0.830. The molecule has 0 saturated heterocycles. The molecule has 30 heavy (non-hydrogen) atoms. The van der Waals surface area contributed by atoms with E-state index < -0.39 is 0 Å². The van der Waals surface area contributed by atoms with E-state index in [1.165, 1.54) is 109 Å². The second-order valence-corrected chi connectivity index (χ2v) is 10.1. The van der Waals surface area contributed by atoms with Crippen molar-refractivity contribution < 1.29 is 9.28 Å². The highest BCUT2D eigenvalue weighted by Crippen LogP contribution is 2.14. The summed E-state index contributed by atoms with van der Waals surface area (Å²) < 4.78 is 1.06.